The monoisotopic (exact) mass is 214 g/mol. The number of benzene rings is 1. The molecule has 80 valence electrons. The van der Waals surface area contributed by atoms with Gasteiger partial charge in [-0.05, 0) is 0 Å². The van der Waals surface area contributed by atoms with Crippen molar-refractivity contribution in [2.24, 2.45) is 4.99 Å². The van der Waals surface area contributed by atoms with E-state index in [2.05, 4.69) is 10.3 Å². The highest BCUT2D eigenvalue weighted by Gasteiger charge is 2.42. The molecule has 2 nitrogen and oxygen atoms in total. The van der Waals surface area contributed by atoms with Gasteiger partial charge in [0.1, 0.15) is 11.9 Å². The molecule has 15 heavy (non-hydrogen) atoms. The molecule has 2 rings (SSSR count). The minimum absolute atomic E-state index is 0.242. The normalized spacial score (nSPS) is 21.0. The Labute approximate surface area is 84.8 Å². The second kappa shape index (κ2) is 3.56. The molecule has 0 saturated heterocycles. The summed E-state index contributed by atoms with van der Waals surface area (Å²) in [5.41, 5.74) is 0.684. The highest BCUT2D eigenvalue weighted by Crippen LogP contribution is 2.23. The molecule has 0 spiro atoms. The first-order valence-electron chi connectivity index (χ1n) is 4.50. The number of amidine groups is 1. The Morgan fingerprint density at radius 2 is 1.87 bits per heavy atom. The number of rotatable bonds is 1. The third-order valence-corrected chi connectivity index (χ3v) is 2.19. The molecule has 1 atom stereocenters. The highest BCUT2D eigenvalue weighted by molar-refractivity contribution is 6.00. The summed E-state index contributed by atoms with van der Waals surface area (Å²) in [7, 11) is 0. The van der Waals surface area contributed by atoms with Crippen molar-refractivity contribution in [1.82, 2.24) is 5.32 Å². The van der Waals surface area contributed by atoms with E-state index in [1.54, 1.807) is 30.3 Å². The number of hydrogen-bond acceptors (Lipinski definition) is 2. The number of nitrogens with one attached hydrogen (secondary N) is 1. The fourth-order valence-corrected chi connectivity index (χ4v) is 1.39. The second-order valence-electron chi connectivity index (χ2n) is 3.29. The van der Waals surface area contributed by atoms with Crippen molar-refractivity contribution in [2.45, 2.75) is 12.2 Å². The van der Waals surface area contributed by atoms with Gasteiger partial charge < -0.3 is 5.32 Å². The zero-order valence-electron chi connectivity index (χ0n) is 7.75. The molecule has 1 heterocycles. The Kier molecular flexibility index (Phi) is 2.38. The fourth-order valence-electron chi connectivity index (χ4n) is 1.39. The van der Waals surface area contributed by atoms with Crippen LogP contribution in [0.4, 0.5) is 13.2 Å². The van der Waals surface area contributed by atoms with Crippen LogP contribution < -0.4 is 5.32 Å². The van der Waals surface area contributed by atoms with E-state index in [9.17, 15) is 13.2 Å². The molecule has 1 aromatic carbocycles. The molecule has 0 aromatic heterocycles. The predicted molar refractivity (Wildman–Crippen MR) is 50.8 cm³/mol. The summed E-state index contributed by atoms with van der Waals surface area (Å²) in [5, 5.41) is 2.37. The minimum atomic E-state index is -4.24. The van der Waals surface area contributed by atoms with Crippen LogP contribution in [-0.2, 0) is 0 Å². The van der Waals surface area contributed by atoms with E-state index >= 15 is 0 Å². The van der Waals surface area contributed by atoms with Gasteiger partial charge in [-0.2, -0.15) is 13.2 Å². The summed E-state index contributed by atoms with van der Waals surface area (Å²) in [6.45, 7) is -0.242. The summed E-state index contributed by atoms with van der Waals surface area (Å²) in [5.74, 6) is 0.318. The lowest BCUT2D eigenvalue weighted by Gasteiger charge is -2.15. The Hall–Kier alpha value is -1.52. The molecular weight excluding hydrogens is 205 g/mol. The summed E-state index contributed by atoms with van der Waals surface area (Å²) in [4.78, 5) is 3.84. The van der Waals surface area contributed by atoms with Gasteiger partial charge in [0.15, 0.2) is 0 Å². The van der Waals surface area contributed by atoms with Crippen molar-refractivity contribution in [1.29, 1.82) is 0 Å². The standard InChI is InChI=1S/C10H9F3N2/c11-10(12,13)8-6-14-9(15-8)7-4-2-1-3-5-7/h1-5,8H,6H2,(H,14,15). The SMILES string of the molecule is FC(F)(F)C1CN=C(c2ccccc2)N1. The average molecular weight is 214 g/mol. The summed E-state index contributed by atoms with van der Waals surface area (Å²) in [6.07, 6.45) is -4.24. The van der Waals surface area contributed by atoms with Gasteiger partial charge in [-0.1, -0.05) is 30.3 Å². The van der Waals surface area contributed by atoms with Crippen molar-refractivity contribution in [3.63, 3.8) is 0 Å². The van der Waals surface area contributed by atoms with E-state index in [4.69, 9.17) is 0 Å². The van der Waals surface area contributed by atoms with Crippen LogP contribution in [0.15, 0.2) is 35.3 Å². The third kappa shape index (κ3) is 2.11. The van der Waals surface area contributed by atoms with Crippen LogP contribution in [0, 0.1) is 0 Å². The maximum Gasteiger partial charge on any atom is 0.410 e. The molecule has 0 amide bonds. The quantitative estimate of drug-likeness (QED) is 0.759. The average Bonchev–Trinajstić information content (AvgIpc) is 2.67. The molecule has 1 N–H and O–H groups in total. The van der Waals surface area contributed by atoms with Gasteiger partial charge in [0, 0.05) is 5.56 Å². The van der Waals surface area contributed by atoms with Gasteiger partial charge in [-0.3, -0.25) is 4.99 Å². The Balaban J connectivity index is 2.11. The molecule has 5 heteroatoms. The van der Waals surface area contributed by atoms with Crippen molar-refractivity contribution in [3.8, 4) is 0 Å². The van der Waals surface area contributed by atoms with Crippen molar-refractivity contribution >= 4 is 5.84 Å². The summed E-state index contributed by atoms with van der Waals surface area (Å²) in [6, 6.07) is 7.24. The zero-order chi connectivity index (χ0) is 10.9. The van der Waals surface area contributed by atoms with Gasteiger partial charge in [0.2, 0.25) is 0 Å². The molecule has 0 fully saturated rings. The van der Waals surface area contributed by atoms with E-state index < -0.39 is 12.2 Å². The maximum absolute atomic E-state index is 12.3. The lowest BCUT2D eigenvalue weighted by Crippen LogP contribution is -2.42. The first-order valence-corrected chi connectivity index (χ1v) is 4.50. The highest BCUT2D eigenvalue weighted by atomic mass is 19.4. The zero-order valence-corrected chi connectivity index (χ0v) is 7.75. The lowest BCUT2D eigenvalue weighted by molar-refractivity contribution is -0.147. The van der Waals surface area contributed by atoms with Gasteiger partial charge in [-0.25, -0.2) is 0 Å². The molecule has 1 unspecified atom stereocenters. The van der Waals surface area contributed by atoms with E-state index in [0.29, 0.717) is 11.4 Å². The molecule has 0 saturated carbocycles. The molecule has 1 aliphatic heterocycles. The van der Waals surface area contributed by atoms with E-state index in [1.165, 1.54) is 0 Å². The molecule has 0 bridgehead atoms. The van der Waals surface area contributed by atoms with Crippen LogP contribution in [0.5, 0.6) is 0 Å². The summed E-state index contributed by atoms with van der Waals surface area (Å²) >= 11 is 0. The largest absolute Gasteiger partial charge is 0.410 e. The fraction of sp³-hybridized carbons (Fsp3) is 0.300. The van der Waals surface area contributed by atoms with Gasteiger partial charge in [0.05, 0.1) is 6.54 Å². The molecular formula is C10H9F3N2. The van der Waals surface area contributed by atoms with E-state index in [-0.39, 0.29) is 6.54 Å². The molecule has 1 aromatic rings. The maximum atomic E-state index is 12.3. The van der Waals surface area contributed by atoms with Gasteiger partial charge in [-0.15, -0.1) is 0 Å². The Morgan fingerprint density at radius 1 is 1.20 bits per heavy atom. The van der Waals surface area contributed by atoms with Crippen LogP contribution in [0.2, 0.25) is 0 Å². The van der Waals surface area contributed by atoms with Gasteiger partial charge in [0.25, 0.3) is 0 Å². The first-order chi connectivity index (χ1) is 7.07. The second-order valence-corrected chi connectivity index (χ2v) is 3.29. The number of aliphatic imine (C=N–C) groups is 1. The first kappa shape index (κ1) is 10.0. The van der Waals surface area contributed by atoms with Gasteiger partial charge >= 0.3 is 6.18 Å². The van der Waals surface area contributed by atoms with E-state index in [0.717, 1.165) is 0 Å². The molecule has 1 aliphatic rings. The number of nitrogens with zero attached hydrogens (tertiary/aromatic N) is 1. The predicted octanol–water partition coefficient (Wildman–Crippen LogP) is 1.97. The molecule has 0 aliphatic carbocycles. The molecule has 0 radical (unpaired) electrons. The topological polar surface area (TPSA) is 24.4 Å². The van der Waals surface area contributed by atoms with Crippen LogP contribution in [0.3, 0.4) is 0 Å². The van der Waals surface area contributed by atoms with Crippen molar-refractivity contribution in [3.05, 3.63) is 35.9 Å². The van der Waals surface area contributed by atoms with Crippen LogP contribution in [0.25, 0.3) is 0 Å². The van der Waals surface area contributed by atoms with Crippen molar-refractivity contribution in [2.75, 3.05) is 6.54 Å². The minimum Gasteiger partial charge on any atom is -0.357 e. The number of hydrogen-bond donors (Lipinski definition) is 1. The summed E-state index contributed by atoms with van der Waals surface area (Å²) < 4.78 is 36.9. The van der Waals surface area contributed by atoms with E-state index in [1.807, 2.05) is 0 Å². The Morgan fingerprint density at radius 3 is 2.40 bits per heavy atom. The van der Waals surface area contributed by atoms with Crippen LogP contribution >= 0.6 is 0 Å². The lowest BCUT2D eigenvalue weighted by atomic mass is 10.2. The van der Waals surface area contributed by atoms with Crippen molar-refractivity contribution < 1.29 is 13.2 Å². The van der Waals surface area contributed by atoms with Crippen LogP contribution in [-0.4, -0.2) is 24.6 Å². The Bertz CT molecular complexity index is 370. The van der Waals surface area contributed by atoms with Crippen LogP contribution in [0.1, 0.15) is 5.56 Å². The third-order valence-electron chi connectivity index (χ3n) is 2.19. The smallest absolute Gasteiger partial charge is 0.357 e. The number of alkyl halides is 3. The number of halogens is 3.